The number of hydrogen-bond donors (Lipinski definition) is 0. The molecule has 27 heavy (non-hydrogen) atoms. The molecule has 5 nitrogen and oxygen atoms in total. The lowest BCUT2D eigenvalue weighted by Gasteiger charge is -2.03. The molecule has 1 aliphatic rings. The molecule has 4 rings (SSSR count). The Morgan fingerprint density at radius 2 is 1.63 bits per heavy atom. The van der Waals surface area contributed by atoms with Gasteiger partial charge in [0, 0.05) is 5.56 Å². The highest BCUT2D eigenvalue weighted by atomic mass is 16.6. The zero-order chi connectivity index (χ0) is 18.8. The summed E-state index contributed by atoms with van der Waals surface area (Å²) in [6, 6.07) is 19.0. The van der Waals surface area contributed by atoms with E-state index in [1.165, 1.54) is 0 Å². The second-order valence-corrected chi connectivity index (χ2v) is 6.04. The Kier molecular flexibility index (Phi) is 4.34. The summed E-state index contributed by atoms with van der Waals surface area (Å²) < 4.78 is 15.8. The molecule has 1 heterocycles. The second-order valence-electron chi connectivity index (χ2n) is 6.04. The van der Waals surface area contributed by atoms with Crippen molar-refractivity contribution in [1.29, 1.82) is 0 Å². The fourth-order valence-electron chi connectivity index (χ4n) is 2.91. The van der Waals surface area contributed by atoms with Gasteiger partial charge in [-0.3, -0.25) is 0 Å². The summed E-state index contributed by atoms with van der Waals surface area (Å²) in [6.07, 6.45) is 1.72. The second kappa shape index (κ2) is 6.96. The van der Waals surface area contributed by atoms with Crippen molar-refractivity contribution in [3.8, 4) is 11.5 Å². The van der Waals surface area contributed by atoms with Gasteiger partial charge in [0.15, 0.2) is 5.70 Å². The molecule has 0 aromatic heterocycles. The van der Waals surface area contributed by atoms with Crippen LogP contribution in [-0.4, -0.2) is 26.1 Å². The lowest BCUT2D eigenvalue weighted by molar-refractivity contribution is -0.129. The van der Waals surface area contributed by atoms with Crippen LogP contribution in [0.15, 0.2) is 71.4 Å². The van der Waals surface area contributed by atoms with E-state index < -0.39 is 5.97 Å². The number of esters is 1. The summed E-state index contributed by atoms with van der Waals surface area (Å²) in [5.41, 5.74) is 1.83. The van der Waals surface area contributed by atoms with E-state index in [2.05, 4.69) is 4.99 Å². The van der Waals surface area contributed by atoms with Gasteiger partial charge in [-0.15, -0.1) is 0 Å². The molecule has 5 heteroatoms. The zero-order valence-corrected chi connectivity index (χ0v) is 14.9. The van der Waals surface area contributed by atoms with E-state index in [0.717, 1.165) is 22.1 Å². The third-order valence-electron chi connectivity index (χ3n) is 4.31. The molecule has 3 aromatic rings. The van der Waals surface area contributed by atoms with E-state index in [1.807, 2.05) is 54.6 Å². The van der Waals surface area contributed by atoms with E-state index >= 15 is 0 Å². The van der Waals surface area contributed by atoms with Crippen molar-refractivity contribution in [1.82, 2.24) is 0 Å². The normalized spacial score (nSPS) is 15.0. The number of benzene rings is 3. The highest BCUT2D eigenvalue weighted by Gasteiger charge is 2.24. The van der Waals surface area contributed by atoms with Crippen molar-refractivity contribution in [2.24, 2.45) is 4.99 Å². The topological polar surface area (TPSA) is 57.1 Å². The Labute approximate surface area is 156 Å². The lowest BCUT2D eigenvalue weighted by Crippen LogP contribution is -2.05. The van der Waals surface area contributed by atoms with Gasteiger partial charge in [0.1, 0.15) is 11.5 Å². The van der Waals surface area contributed by atoms with Crippen LogP contribution in [0.1, 0.15) is 11.1 Å². The summed E-state index contributed by atoms with van der Waals surface area (Å²) >= 11 is 0. The molecular weight excluding hydrogens is 342 g/mol. The van der Waals surface area contributed by atoms with Gasteiger partial charge in [-0.25, -0.2) is 9.79 Å². The molecule has 1 aliphatic heterocycles. The minimum Gasteiger partial charge on any atom is -0.497 e. The molecule has 0 saturated carbocycles. The van der Waals surface area contributed by atoms with Gasteiger partial charge in [0.05, 0.1) is 14.2 Å². The van der Waals surface area contributed by atoms with E-state index in [1.54, 1.807) is 26.4 Å². The van der Waals surface area contributed by atoms with Crippen LogP contribution in [0.25, 0.3) is 16.8 Å². The van der Waals surface area contributed by atoms with Crippen LogP contribution in [0.3, 0.4) is 0 Å². The van der Waals surface area contributed by atoms with Crippen molar-refractivity contribution < 1.29 is 19.0 Å². The van der Waals surface area contributed by atoms with Crippen LogP contribution in [-0.2, 0) is 9.53 Å². The molecule has 0 saturated heterocycles. The summed E-state index contributed by atoms with van der Waals surface area (Å²) in [5.74, 6) is 1.28. The summed E-state index contributed by atoms with van der Waals surface area (Å²) in [4.78, 5) is 16.6. The first-order valence-electron chi connectivity index (χ1n) is 8.41. The average Bonchev–Trinajstić information content (AvgIpc) is 3.08. The van der Waals surface area contributed by atoms with Gasteiger partial charge < -0.3 is 14.2 Å². The monoisotopic (exact) mass is 359 g/mol. The number of aliphatic imine (C=N–C) groups is 1. The van der Waals surface area contributed by atoms with E-state index in [9.17, 15) is 4.79 Å². The Balaban J connectivity index is 1.67. The SMILES string of the molecule is COc1cccc(C2=NC(=Cc3ccc4cc(OC)ccc4c3)C(=O)O2)c1. The molecule has 0 radical (unpaired) electrons. The van der Waals surface area contributed by atoms with E-state index in [-0.39, 0.29) is 11.6 Å². The maximum atomic E-state index is 12.2. The minimum atomic E-state index is -0.470. The molecule has 3 aromatic carbocycles. The number of rotatable bonds is 4. The lowest BCUT2D eigenvalue weighted by atomic mass is 10.1. The molecule has 0 amide bonds. The first-order chi connectivity index (χ1) is 13.2. The maximum absolute atomic E-state index is 12.2. The number of carbonyl (C=O) groups excluding carboxylic acids is 1. The van der Waals surface area contributed by atoms with Crippen molar-refractivity contribution in [3.05, 3.63) is 77.5 Å². The van der Waals surface area contributed by atoms with Gasteiger partial charge in [-0.1, -0.05) is 24.3 Å². The van der Waals surface area contributed by atoms with Gasteiger partial charge in [-0.05, 0) is 58.8 Å². The van der Waals surface area contributed by atoms with E-state index in [4.69, 9.17) is 14.2 Å². The predicted octanol–water partition coefficient (Wildman–Crippen LogP) is 4.20. The first kappa shape index (κ1) is 16.8. The molecular formula is C22H17NO4. The van der Waals surface area contributed by atoms with Crippen molar-refractivity contribution in [2.45, 2.75) is 0 Å². The van der Waals surface area contributed by atoms with Gasteiger partial charge in [0.2, 0.25) is 5.90 Å². The Bertz CT molecular complexity index is 1100. The Morgan fingerprint density at radius 3 is 2.44 bits per heavy atom. The zero-order valence-electron chi connectivity index (χ0n) is 14.9. The fourth-order valence-corrected chi connectivity index (χ4v) is 2.91. The number of hydrogen-bond acceptors (Lipinski definition) is 5. The number of nitrogens with zero attached hydrogens (tertiary/aromatic N) is 1. The third kappa shape index (κ3) is 3.40. The fraction of sp³-hybridized carbons (Fsp3) is 0.0909. The maximum Gasteiger partial charge on any atom is 0.363 e. The highest BCUT2D eigenvalue weighted by molar-refractivity contribution is 6.13. The van der Waals surface area contributed by atoms with Gasteiger partial charge in [0.25, 0.3) is 0 Å². The van der Waals surface area contributed by atoms with Crippen LogP contribution in [0, 0.1) is 0 Å². The minimum absolute atomic E-state index is 0.265. The largest absolute Gasteiger partial charge is 0.497 e. The number of ether oxygens (including phenoxy) is 3. The predicted molar refractivity (Wildman–Crippen MR) is 104 cm³/mol. The average molecular weight is 359 g/mol. The van der Waals surface area contributed by atoms with Crippen LogP contribution < -0.4 is 9.47 Å². The molecule has 0 N–H and O–H groups in total. The number of fused-ring (bicyclic) bond motifs is 1. The summed E-state index contributed by atoms with van der Waals surface area (Å²) in [5, 5.41) is 2.11. The van der Waals surface area contributed by atoms with E-state index in [0.29, 0.717) is 11.3 Å². The number of methoxy groups -OCH3 is 2. The third-order valence-corrected chi connectivity index (χ3v) is 4.31. The molecule has 0 unspecified atom stereocenters. The van der Waals surface area contributed by atoms with Crippen LogP contribution >= 0.6 is 0 Å². The molecule has 0 atom stereocenters. The summed E-state index contributed by atoms with van der Waals surface area (Å²) in [7, 11) is 3.23. The quantitative estimate of drug-likeness (QED) is 0.517. The molecule has 0 aliphatic carbocycles. The molecule has 0 spiro atoms. The van der Waals surface area contributed by atoms with Crippen molar-refractivity contribution in [3.63, 3.8) is 0 Å². The van der Waals surface area contributed by atoms with Gasteiger partial charge >= 0.3 is 5.97 Å². The van der Waals surface area contributed by atoms with Crippen LogP contribution in [0.5, 0.6) is 11.5 Å². The molecule has 0 bridgehead atoms. The first-order valence-corrected chi connectivity index (χ1v) is 8.41. The van der Waals surface area contributed by atoms with Gasteiger partial charge in [-0.2, -0.15) is 0 Å². The number of carbonyl (C=O) groups is 1. The molecule has 134 valence electrons. The highest BCUT2D eigenvalue weighted by Crippen LogP contribution is 2.25. The Hall–Kier alpha value is -3.60. The van der Waals surface area contributed by atoms with Crippen LogP contribution in [0.4, 0.5) is 0 Å². The van der Waals surface area contributed by atoms with Crippen LogP contribution in [0.2, 0.25) is 0 Å². The summed E-state index contributed by atoms with van der Waals surface area (Å²) in [6.45, 7) is 0. The van der Waals surface area contributed by atoms with Crippen molar-refractivity contribution in [2.75, 3.05) is 14.2 Å². The van der Waals surface area contributed by atoms with Crippen molar-refractivity contribution >= 4 is 28.7 Å². The Morgan fingerprint density at radius 1 is 0.889 bits per heavy atom. The standard InChI is InChI=1S/C22H17NO4/c1-25-18-5-3-4-17(13-18)21-23-20(22(24)27-21)11-14-6-7-16-12-19(26-2)9-8-15(16)10-14/h3-13H,1-2H3. The molecule has 0 fully saturated rings. The number of cyclic esters (lactones) is 1. The smallest absolute Gasteiger partial charge is 0.363 e.